The minimum atomic E-state index is -3.81. The number of nitrogens with zero attached hydrogens (tertiary/aromatic N) is 2. The van der Waals surface area contributed by atoms with Gasteiger partial charge in [-0.3, -0.25) is 4.98 Å². The van der Waals surface area contributed by atoms with Gasteiger partial charge in [-0.25, -0.2) is 13.2 Å². The van der Waals surface area contributed by atoms with E-state index in [4.69, 9.17) is 9.84 Å². The van der Waals surface area contributed by atoms with Crippen LogP contribution in [-0.4, -0.2) is 35.4 Å². The van der Waals surface area contributed by atoms with E-state index in [9.17, 15) is 13.2 Å². The third-order valence-electron chi connectivity index (χ3n) is 5.10. The summed E-state index contributed by atoms with van der Waals surface area (Å²) in [7, 11) is -3.81. The quantitative estimate of drug-likeness (QED) is 0.226. The van der Waals surface area contributed by atoms with Gasteiger partial charge in [-0.2, -0.15) is 4.31 Å². The summed E-state index contributed by atoms with van der Waals surface area (Å²) in [5.74, 6) is -0.661. The van der Waals surface area contributed by atoms with Crippen LogP contribution in [0.25, 0.3) is 0 Å². The zero-order valence-corrected chi connectivity index (χ0v) is 31.2. The Hall–Kier alpha value is -4.53. The van der Waals surface area contributed by atoms with Crippen molar-refractivity contribution in [3.8, 4) is 5.75 Å². The first-order valence-electron chi connectivity index (χ1n) is 15.4. The van der Waals surface area contributed by atoms with Gasteiger partial charge in [-0.1, -0.05) is 87.5 Å². The molecule has 264 valence electrons. The van der Waals surface area contributed by atoms with Crippen molar-refractivity contribution in [1.29, 1.82) is 0 Å². The molecule has 7 nitrogen and oxygen atoms in total. The maximum atomic E-state index is 13.4. The van der Waals surface area contributed by atoms with Crippen LogP contribution in [0, 0.1) is 0 Å². The summed E-state index contributed by atoms with van der Waals surface area (Å²) < 4.78 is 33.4. The molecule has 1 heterocycles. The topological polar surface area (TPSA) is 96.8 Å². The number of rotatable bonds is 9. The average Bonchev–Trinajstić information content (AvgIpc) is 3.02. The lowest BCUT2D eigenvalue weighted by molar-refractivity contribution is -0.139. The predicted molar refractivity (Wildman–Crippen MR) is 205 cm³/mol. The maximum absolute atomic E-state index is 13.4. The van der Waals surface area contributed by atoms with E-state index in [1.165, 1.54) is 28.3 Å². The normalized spacial score (nSPS) is 9.60. The molecule has 48 heavy (non-hydrogen) atoms. The molecule has 0 spiro atoms. The van der Waals surface area contributed by atoms with Gasteiger partial charge in [0.15, 0.2) is 6.61 Å². The van der Waals surface area contributed by atoms with E-state index >= 15 is 0 Å². The number of sulfonamides is 1. The van der Waals surface area contributed by atoms with Gasteiger partial charge in [0.25, 0.3) is 0 Å². The average molecular weight is 679 g/mol. The number of benzene rings is 2. The molecule has 0 unspecified atom stereocenters. The lowest BCUT2D eigenvalue weighted by Gasteiger charge is -2.24. The summed E-state index contributed by atoms with van der Waals surface area (Å²) in [6.07, 6.45) is 11.6. The first-order valence-corrected chi connectivity index (χ1v) is 16.9. The smallest absolute Gasteiger partial charge is 0.341 e. The number of ether oxygens (including phenoxy) is 1. The highest BCUT2D eigenvalue weighted by molar-refractivity contribution is 7.89. The van der Waals surface area contributed by atoms with Crippen molar-refractivity contribution in [2.24, 2.45) is 0 Å². The molecule has 0 aliphatic carbocycles. The second-order valence-electron chi connectivity index (χ2n) is 10.8. The summed E-state index contributed by atoms with van der Waals surface area (Å²) in [6.45, 7) is 32.5. The van der Waals surface area contributed by atoms with Gasteiger partial charge in [-0.05, 0) is 81.0 Å². The van der Waals surface area contributed by atoms with Gasteiger partial charge < -0.3 is 9.84 Å². The summed E-state index contributed by atoms with van der Waals surface area (Å²) >= 11 is 0. The molecule has 3 rings (SSSR count). The molecule has 3 aromatic rings. The number of carboxylic acid groups (broad SMARTS) is 1. The van der Waals surface area contributed by atoms with Crippen molar-refractivity contribution in [3.63, 3.8) is 0 Å². The largest absolute Gasteiger partial charge is 0.482 e. The molecule has 0 radical (unpaired) electrons. The lowest BCUT2D eigenvalue weighted by Crippen LogP contribution is -2.30. The maximum Gasteiger partial charge on any atom is 0.341 e. The van der Waals surface area contributed by atoms with Crippen LogP contribution < -0.4 is 4.74 Å². The zero-order valence-electron chi connectivity index (χ0n) is 30.4. The zero-order chi connectivity index (χ0) is 37.6. The number of hydrogen-bond acceptors (Lipinski definition) is 5. The highest BCUT2D eigenvalue weighted by Crippen LogP contribution is 2.25. The Morgan fingerprint density at radius 1 is 0.771 bits per heavy atom. The van der Waals surface area contributed by atoms with E-state index in [1.807, 2.05) is 58.9 Å². The summed E-state index contributed by atoms with van der Waals surface area (Å²) in [6, 6.07) is 17.8. The van der Waals surface area contributed by atoms with Crippen LogP contribution in [0.1, 0.15) is 72.1 Å². The number of aliphatic carboxylic acids is 1. The molecular formula is C40H58N2O5S. The third kappa shape index (κ3) is 22.9. The number of aromatic nitrogens is 1. The number of allylic oxidation sites excluding steroid dienone is 5. The molecule has 0 saturated heterocycles. The number of carbonyl (C=O) groups is 1. The van der Waals surface area contributed by atoms with Crippen molar-refractivity contribution in [3.05, 3.63) is 153 Å². The van der Waals surface area contributed by atoms with Gasteiger partial charge in [0.1, 0.15) is 10.6 Å². The van der Waals surface area contributed by atoms with Crippen molar-refractivity contribution < 1.29 is 23.1 Å². The molecule has 0 amide bonds. The fraction of sp³-hybridized carbons (Fsp3) is 0.300. The van der Waals surface area contributed by atoms with Crippen molar-refractivity contribution >= 4 is 16.0 Å². The van der Waals surface area contributed by atoms with E-state index in [-0.39, 0.29) is 23.4 Å². The molecule has 0 aliphatic rings. The monoisotopic (exact) mass is 678 g/mol. The first kappa shape index (κ1) is 47.9. The highest BCUT2D eigenvalue weighted by Gasteiger charge is 2.25. The molecule has 0 aliphatic heterocycles. The minimum Gasteiger partial charge on any atom is -0.482 e. The van der Waals surface area contributed by atoms with Crippen LogP contribution in [0.15, 0.2) is 141 Å². The lowest BCUT2D eigenvalue weighted by atomic mass is 9.87. The van der Waals surface area contributed by atoms with Gasteiger partial charge in [0.2, 0.25) is 10.0 Å². The summed E-state index contributed by atoms with van der Waals surface area (Å²) in [5.41, 5.74) is 2.79. The van der Waals surface area contributed by atoms with Gasteiger partial charge in [0.05, 0.1) is 0 Å². The molecule has 0 atom stereocenters. The second kappa shape index (κ2) is 28.7. The Bertz CT molecular complexity index is 1370. The highest BCUT2D eigenvalue weighted by atomic mass is 32.2. The standard InChI is InChI=1S/C25H28N2O5S.5C3H6/c1-25(2,3)21-10-6-19(7-11-21)16-27(33(30,31)23-5-4-14-26-15-23)17-20-8-12-22(13-9-20)32-18-24(28)29;5*1-3-2/h4-15H,16-18H2,1-3H3,(H,28,29);5*3H,1H2,2H3. The number of hydrogen-bond donors (Lipinski definition) is 1. The van der Waals surface area contributed by atoms with Crippen molar-refractivity contribution in [2.75, 3.05) is 6.61 Å². The summed E-state index contributed by atoms with van der Waals surface area (Å²) in [5, 5.41) is 8.74. The molecule has 0 fully saturated rings. The van der Waals surface area contributed by atoms with Gasteiger partial charge in [-0.15, -0.1) is 32.9 Å². The van der Waals surface area contributed by atoms with Crippen LogP contribution in [0.3, 0.4) is 0 Å². The van der Waals surface area contributed by atoms with E-state index in [0.29, 0.717) is 5.75 Å². The first-order chi connectivity index (χ1) is 22.6. The SMILES string of the molecule is C=CC.C=CC.C=CC.C=CC.C=CC.CC(C)(C)c1ccc(CN(Cc2ccc(OCC(=O)O)cc2)S(=O)(=O)c2cccnc2)cc1. The summed E-state index contributed by atoms with van der Waals surface area (Å²) in [4.78, 5) is 14.8. The fourth-order valence-corrected chi connectivity index (χ4v) is 4.61. The fourth-order valence-electron chi connectivity index (χ4n) is 3.23. The van der Waals surface area contributed by atoms with Crippen LogP contribution in [0.2, 0.25) is 0 Å². The third-order valence-corrected chi connectivity index (χ3v) is 6.87. The van der Waals surface area contributed by atoms with Crippen LogP contribution in [0.4, 0.5) is 0 Å². The van der Waals surface area contributed by atoms with Crippen molar-refractivity contribution in [2.45, 2.75) is 78.8 Å². The second-order valence-corrected chi connectivity index (χ2v) is 12.7. The van der Waals surface area contributed by atoms with E-state index < -0.39 is 22.6 Å². The molecule has 8 heteroatoms. The number of pyridine rings is 1. The molecule has 1 N–H and O–H groups in total. The van der Waals surface area contributed by atoms with Crippen LogP contribution in [0.5, 0.6) is 5.75 Å². The van der Waals surface area contributed by atoms with E-state index in [2.05, 4.69) is 58.6 Å². The van der Waals surface area contributed by atoms with E-state index in [0.717, 1.165) is 11.1 Å². The number of carboxylic acids is 1. The Morgan fingerprint density at radius 2 is 1.17 bits per heavy atom. The van der Waals surface area contributed by atoms with Crippen molar-refractivity contribution in [1.82, 2.24) is 9.29 Å². The Kier molecular flexibility index (Phi) is 28.6. The van der Waals surface area contributed by atoms with E-state index in [1.54, 1.807) is 60.7 Å². The minimum absolute atomic E-state index is 0.00442. The Morgan fingerprint density at radius 3 is 1.50 bits per heavy atom. The molecule has 0 saturated carbocycles. The molecule has 2 aromatic carbocycles. The van der Waals surface area contributed by atoms with Crippen LogP contribution >= 0.6 is 0 Å². The van der Waals surface area contributed by atoms with Gasteiger partial charge >= 0.3 is 5.97 Å². The molecule has 0 bridgehead atoms. The Balaban J connectivity index is -0.00000115. The predicted octanol–water partition coefficient (Wildman–Crippen LogP) is 10.2. The Labute approximate surface area is 291 Å². The molecule has 1 aromatic heterocycles. The van der Waals surface area contributed by atoms with Gasteiger partial charge in [0, 0.05) is 25.5 Å². The van der Waals surface area contributed by atoms with Crippen LogP contribution in [-0.2, 0) is 33.3 Å². The molecular weight excluding hydrogens is 621 g/mol.